The van der Waals surface area contributed by atoms with Crippen molar-refractivity contribution in [3.8, 4) is 0 Å². The van der Waals surface area contributed by atoms with Crippen LogP contribution in [0.3, 0.4) is 0 Å². The fourth-order valence-electron chi connectivity index (χ4n) is 1.68. The van der Waals surface area contributed by atoms with Gasteiger partial charge in [-0.15, -0.1) is 0 Å². The number of pyridine rings is 1. The van der Waals surface area contributed by atoms with Crippen LogP contribution in [0.2, 0.25) is 10.0 Å². The van der Waals surface area contributed by atoms with Gasteiger partial charge in [-0.25, -0.2) is 4.98 Å². The number of aliphatic hydroxyl groups is 1. The van der Waals surface area contributed by atoms with Crippen molar-refractivity contribution >= 4 is 34.8 Å². The van der Waals surface area contributed by atoms with E-state index in [-0.39, 0.29) is 6.61 Å². The van der Waals surface area contributed by atoms with Gasteiger partial charge < -0.3 is 15.3 Å². The van der Waals surface area contributed by atoms with Crippen LogP contribution in [0.4, 0.5) is 11.6 Å². The van der Waals surface area contributed by atoms with E-state index in [2.05, 4.69) is 17.2 Å². The monoisotopic (exact) mass is 291 g/mol. The first-order valence-electron chi connectivity index (χ1n) is 6.09. The van der Waals surface area contributed by atoms with E-state index in [1.54, 1.807) is 6.07 Å². The second-order valence-electron chi connectivity index (χ2n) is 3.87. The second-order valence-corrected chi connectivity index (χ2v) is 4.68. The molecule has 0 fully saturated rings. The summed E-state index contributed by atoms with van der Waals surface area (Å²) in [5.41, 5.74) is 0. The largest absolute Gasteiger partial charge is 0.395 e. The molecule has 0 unspecified atom stereocenters. The fraction of sp³-hybridized carbons (Fsp3) is 0.583. The summed E-state index contributed by atoms with van der Waals surface area (Å²) in [5.74, 6) is 1.28. The minimum Gasteiger partial charge on any atom is -0.395 e. The van der Waals surface area contributed by atoms with E-state index in [4.69, 9.17) is 28.3 Å². The molecule has 6 heteroatoms. The van der Waals surface area contributed by atoms with Crippen LogP contribution < -0.4 is 10.2 Å². The van der Waals surface area contributed by atoms with Crippen LogP contribution in [0, 0.1) is 0 Å². The van der Waals surface area contributed by atoms with Gasteiger partial charge in [0.05, 0.1) is 16.7 Å². The Balaban J connectivity index is 3.07. The smallest absolute Gasteiger partial charge is 0.150 e. The summed E-state index contributed by atoms with van der Waals surface area (Å²) in [5, 5.41) is 13.2. The molecule has 1 rings (SSSR count). The van der Waals surface area contributed by atoms with Gasteiger partial charge in [0, 0.05) is 19.6 Å². The molecule has 0 radical (unpaired) electrons. The van der Waals surface area contributed by atoms with Crippen molar-refractivity contribution in [1.29, 1.82) is 0 Å². The Kier molecular flexibility index (Phi) is 6.54. The van der Waals surface area contributed by atoms with Crippen LogP contribution in [0.5, 0.6) is 0 Å². The first kappa shape index (κ1) is 15.3. The lowest BCUT2D eigenvalue weighted by molar-refractivity contribution is 0.301. The molecule has 4 nitrogen and oxygen atoms in total. The minimum atomic E-state index is 0.0666. The summed E-state index contributed by atoms with van der Waals surface area (Å²) >= 11 is 12.2. The van der Waals surface area contributed by atoms with Crippen LogP contribution in [-0.2, 0) is 0 Å². The van der Waals surface area contributed by atoms with Crippen LogP contribution in [-0.4, -0.2) is 36.3 Å². The molecule has 1 aromatic rings. The van der Waals surface area contributed by atoms with Crippen molar-refractivity contribution in [2.75, 3.05) is 36.5 Å². The predicted molar refractivity (Wildman–Crippen MR) is 78.0 cm³/mol. The first-order chi connectivity index (χ1) is 8.63. The van der Waals surface area contributed by atoms with Gasteiger partial charge >= 0.3 is 0 Å². The van der Waals surface area contributed by atoms with Gasteiger partial charge in [0.15, 0.2) is 0 Å². The molecule has 102 valence electrons. The fourth-order valence-corrected chi connectivity index (χ4v) is 2.23. The van der Waals surface area contributed by atoms with E-state index < -0.39 is 0 Å². The average Bonchev–Trinajstić information content (AvgIpc) is 2.33. The van der Waals surface area contributed by atoms with Crippen molar-refractivity contribution < 1.29 is 5.11 Å². The zero-order chi connectivity index (χ0) is 13.5. The lowest BCUT2D eigenvalue weighted by Gasteiger charge is -2.24. The Bertz CT molecular complexity index is 382. The van der Waals surface area contributed by atoms with E-state index >= 15 is 0 Å². The highest BCUT2D eigenvalue weighted by molar-refractivity contribution is 6.37. The molecule has 0 aromatic carbocycles. The van der Waals surface area contributed by atoms with E-state index in [0.29, 0.717) is 28.2 Å². The van der Waals surface area contributed by atoms with Crippen LogP contribution >= 0.6 is 23.2 Å². The summed E-state index contributed by atoms with van der Waals surface area (Å²) in [7, 11) is 0. The number of aliphatic hydroxyl groups excluding tert-OH is 1. The van der Waals surface area contributed by atoms with E-state index in [0.717, 1.165) is 19.5 Å². The lowest BCUT2D eigenvalue weighted by atomic mass is 10.3. The summed E-state index contributed by atoms with van der Waals surface area (Å²) < 4.78 is 0. The number of rotatable bonds is 7. The van der Waals surface area contributed by atoms with Crippen molar-refractivity contribution in [3.05, 3.63) is 16.1 Å². The highest BCUT2D eigenvalue weighted by atomic mass is 35.5. The third kappa shape index (κ3) is 3.90. The maximum atomic E-state index is 9.09. The van der Waals surface area contributed by atoms with Gasteiger partial charge in [-0.2, -0.15) is 0 Å². The third-order valence-corrected chi connectivity index (χ3v) is 2.98. The lowest BCUT2D eigenvalue weighted by Crippen LogP contribution is -2.28. The van der Waals surface area contributed by atoms with Gasteiger partial charge in [0.25, 0.3) is 0 Å². The maximum absolute atomic E-state index is 9.09. The predicted octanol–water partition coefficient (Wildman–Crippen LogP) is 3.03. The van der Waals surface area contributed by atoms with Gasteiger partial charge in [0.2, 0.25) is 0 Å². The number of anilines is 2. The summed E-state index contributed by atoms with van der Waals surface area (Å²) in [6.07, 6.45) is 0.956. The molecule has 0 aliphatic carbocycles. The average molecular weight is 292 g/mol. The molecular formula is C12H19Cl2N3O. The molecule has 18 heavy (non-hydrogen) atoms. The zero-order valence-electron chi connectivity index (χ0n) is 10.7. The molecule has 0 spiro atoms. The van der Waals surface area contributed by atoms with Crippen molar-refractivity contribution in [3.63, 3.8) is 0 Å². The van der Waals surface area contributed by atoms with E-state index in [9.17, 15) is 0 Å². The molecular weight excluding hydrogens is 273 g/mol. The Hall–Kier alpha value is -0.710. The molecule has 0 aliphatic rings. The Labute approximate surface area is 118 Å². The number of hydrogen-bond donors (Lipinski definition) is 2. The van der Waals surface area contributed by atoms with Gasteiger partial charge in [-0.3, -0.25) is 0 Å². The second kappa shape index (κ2) is 7.67. The van der Waals surface area contributed by atoms with Crippen molar-refractivity contribution in [2.45, 2.75) is 20.3 Å². The number of nitrogens with zero attached hydrogens (tertiary/aromatic N) is 2. The summed E-state index contributed by atoms with van der Waals surface area (Å²) in [6, 6.07) is 1.68. The number of hydrogen-bond acceptors (Lipinski definition) is 4. The number of aromatic nitrogens is 1. The molecule has 2 N–H and O–H groups in total. The van der Waals surface area contributed by atoms with Crippen molar-refractivity contribution in [1.82, 2.24) is 4.98 Å². The number of nitrogens with one attached hydrogen (secondary N) is 1. The van der Waals surface area contributed by atoms with Gasteiger partial charge in [-0.1, -0.05) is 30.1 Å². The SMILES string of the molecule is CCCN(CCO)c1nc(NCC)c(Cl)cc1Cl. The number of halogens is 2. The third-order valence-electron chi connectivity index (χ3n) is 2.42. The topological polar surface area (TPSA) is 48.4 Å². The first-order valence-corrected chi connectivity index (χ1v) is 6.85. The molecule has 1 aromatic heterocycles. The van der Waals surface area contributed by atoms with E-state index in [1.807, 2.05) is 11.8 Å². The quantitative estimate of drug-likeness (QED) is 0.811. The van der Waals surface area contributed by atoms with Crippen LogP contribution in [0.25, 0.3) is 0 Å². The Morgan fingerprint density at radius 3 is 2.56 bits per heavy atom. The molecule has 0 saturated heterocycles. The summed E-state index contributed by atoms with van der Waals surface area (Å²) in [6.45, 7) is 6.15. The van der Waals surface area contributed by atoms with Crippen molar-refractivity contribution in [2.24, 2.45) is 0 Å². The normalized spacial score (nSPS) is 10.5. The molecule has 0 atom stereocenters. The maximum Gasteiger partial charge on any atom is 0.150 e. The summed E-state index contributed by atoms with van der Waals surface area (Å²) in [4.78, 5) is 6.40. The molecule has 0 amide bonds. The highest BCUT2D eigenvalue weighted by Gasteiger charge is 2.14. The van der Waals surface area contributed by atoms with Gasteiger partial charge in [0.1, 0.15) is 11.6 Å². The minimum absolute atomic E-state index is 0.0666. The molecule has 0 aliphatic heterocycles. The Morgan fingerprint density at radius 2 is 2.00 bits per heavy atom. The van der Waals surface area contributed by atoms with Crippen LogP contribution in [0.15, 0.2) is 6.07 Å². The Morgan fingerprint density at radius 1 is 1.28 bits per heavy atom. The molecule has 1 heterocycles. The van der Waals surface area contributed by atoms with E-state index in [1.165, 1.54) is 0 Å². The van der Waals surface area contributed by atoms with Crippen LogP contribution in [0.1, 0.15) is 20.3 Å². The zero-order valence-corrected chi connectivity index (χ0v) is 12.2. The van der Waals surface area contributed by atoms with Gasteiger partial charge in [-0.05, 0) is 19.4 Å². The molecule has 0 saturated carbocycles. The standard InChI is InChI=1S/C12H19Cl2N3O/c1-3-5-17(6-7-18)12-10(14)8-9(13)11(16-12)15-4-2/h8,18H,3-7H2,1-2H3,(H,15,16). The molecule has 0 bridgehead atoms. The highest BCUT2D eigenvalue weighted by Crippen LogP contribution is 2.31.